The summed E-state index contributed by atoms with van der Waals surface area (Å²) in [7, 11) is 2.05. The van der Waals surface area contributed by atoms with Crippen molar-refractivity contribution in [1.82, 2.24) is 19.8 Å². The highest BCUT2D eigenvalue weighted by atomic mass is 32.1. The smallest absolute Gasteiger partial charge is 0.219 e. The number of hydrogen-bond acceptors (Lipinski definition) is 6. The molecule has 1 saturated heterocycles. The molecule has 0 unspecified atom stereocenters. The number of pyridine rings is 1. The van der Waals surface area contributed by atoms with Crippen molar-refractivity contribution in [2.24, 2.45) is 0 Å². The first-order valence-electron chi connectivity index (χ1n) is 8.46. The van der Waals surface area contributed by atoms with Gasteiger partial charge in [-0.25, -0.2) is 4.98 Å². The highest BCUT2D eigenvalue weighted by molar-refractivity contribution is 7.09. The third kappa shape index (κ3) is 4.42. The predicted molar refractivity (Wildman–Crippen MR) is 96.9 cm³/mol. The van der Waals surface area contributed by atoms with Gasteiger partial charge in [0.05, 0.1) is 12.2 Å². The van der Waals surface area contributed by atoms with Gasteiger partial charge in [0.2, 0.25) is 5.91 Å². The molecule has 0 aromatic carbocycles. The van der Waals surface area contributed by atoms with E-state index in [1.54, 1.807) is 29.4 Å². The summed E-state index contributed by atoms with van der Waals surface area (Å²) in [6, 6.07) is 4.00. The number of aromatic nitrogens is 2. The van der Waals surface area contributed by atoms with E-state index in [0.29, 0.717) is 25.9 Å². The Morgan fingerprint density at radius 3 is 2.80 bits per heavy atom. The number of hydrogen-bond donors (Lipinski definition) is 1. The number of amides is 1. The van der Waals surface area contributed by atoms with Gasteiger partial charge in [-0.15, -0.1) is 11.3 Å². The standard InChI is InChI=1S/C18H24N4O2S/c1-14(23)22-8-5-18(24,6-9-22)16-13-25-17(20-16)12-21(2)11-15-4-3-7-19-10-15/h3-4,7,10,13,24H,5-6,8-9,11-12H2,1-2H3. The minimum atomic E-state index is -0.914. The fourth-order valence-corrected chi connectivity index (χ4v) is 4.10. The molecule has 1 aliphatic heterocycles. The van der Waals surface area contributed by atoms with Gasteiger partial charge < -0.3 is 10.0 Å². The molecule has 1 amide bonds. The van der Waals surface area contributed by atoms with Crippen molar-refractivity contribution in [3.63, 3.8) is 0 Å². The van der Waals surface area contributed by atoms with E-state index < -0.39 is 5.60 Å². The van der Waals surface area contributed by atoms with Crippen molar-refractivity contribution in [2.75, 3.05) is 20.1 Å². The Balaban J connectivity index is 1.59. The Bertz CT molecular complexity index is 711. The molecule has 0 radical (unpaired) electrons. The van der Waals surface area contributed by atoms with Crippen LogP contribution in [0.3, 0.4) is 0 Å². The Hall–Kier alpha value is -1.83. The van der Waals surface area contributed by atoms with Crippen molar-refractivity contribution in [2.45, 2.75) is 38.5 Å². The molecule has 0 bridgehead atoms. The zero-order valence-electron chi connectivity index (χ0n) is 14.7. The van der Waals surface area contributed by atoms with Crippen LogP contribution in [0.1, 0.15) is 36.0 Å². The molecule has 2 aromatic rings. The van der Waals surface area contributed by atoms with Crippen LogP contribution in [0.25, 0.3) is 0 Å². The maximum Gasteiger partial charge on any atom is 0.219 e. The average Bonchev–Trinajstić information content (AvgIpc) is 3.05. The molecule has 0 saturated carbocycles. The molecule has 1 fully saturated rings. The van der Waals surface area contributed by atoms with Gasteiger partial charge in [-0.2, -0.15) is 0 Å². The lowest BCUT2D eigenvalue weighted by molar-refractivity contribution is -0.133. The molecular weight excluding hydrogens is 336 g/mol. The summed E-state index contributed by atoms with van der Waals surface area (Å²) in [6.07, 6.45) is 4.73. The van der Waals surface area contributed by atoms with E-state index in [9.17, 15) is 9.90 Å². The molecule has 2 aromatic heterocycles. The van der Waals surface area contributed by atoms with Gasteiger partial charge in [0, 0.05) is 44.3 Å². The van der Waals surface area contributed by atoms with Crippen molar-refractivity contribution in [3.05, 3.63) is 46.2 Å². The van der Waals surface area contributed by atoms with E-state index in [1.807, 2.05) is 24.7 Å². The van der Waals surface area contributed by atoms with Crippen LogP contribution in [0, 0.1) is 0 Å². The SMILES string of the molecule is CC(=O)N1CCC(O)(c2csc(CN(C)Cc3cccnc3)n2)CC1. The lowest BCUT2D eigenvalue weighted by Gasteiger charge is -2.36. The Labute approximate surface area is 152 Å². The van der Waals surface area contributed by atoms with Crippen LogP contribution in [-0.2, 0) is 23.5 Å². The van der Waals surface area contributed by atoms with Crippen molar-refractivity contribution in [3.8, 4) is 0 Å². The average molecular weight is 360 g/mol. The number of carbonyl (C=O) groups is 1. The number of nitrogens with zero attached hydrogens (tertiary/aromatic N) is 4. The van der Waals surface area contributed by atoms with Gasteiger partial charge in [0.1, 0.15) is 10.6 Å². The first kappa shape index (κ1) is 18.0. The number of carbonyl (C=O) groups excluding carboxylic acids is 1. The third-order valence-corrected chi connectivity index (χ3v) is 5.48. The summed E-state index contributed by atoms with van der Waals surface area (Å²) >= 11 is 1.58. The zero-order valence-corrected chi connectivity index (χ0v) is 15.5. The number of aliphatic hydroxyl groups is 1. The minimum absolute atomic E-state index is 0.0676. The van der Waals surface area contributed by atoms with E-state index in [1.165, 1.54) is 0 Å². The molecule has 25 heavy (non-hydrogen) atoms. The first-order valence-corrected chi connectivity index (χ1v) is 9.34. The van der Waals surface area contributed by atoms with Gasteiger partial charge in [-0.05, 0) is 31.5 Å². The summed E-state index contributed by atoms with van der Waals surface area (Å²) < 4.78 is 0. The van der Waals surface area contributed by atoms with Gasteiger partial charge in [-0.1, -0.05) is 6.07 Å². The van der Waals surface area contributed by atoms with Crippen LogP contribution in [0.2, 0.25) is 0 Å². The molecule has 1 aliphatic rings. The molecule has 1 N–H and O–H groups in total. The van der Waals surface area contributed by atoms with Gasteiger partial charge in [0.15, 0.2) is 0 Å². The zero-order chi connectivity index (χ0) is 17.9. The minimum Gasteiger partial charge on any atom is -0.383 e. The van der Waals surface area contributed by atoms with Crippen LogP contribution < -0.4 is 0 Å². The van der Waals surface area contributed by atoms with E-state index in [0.717, 1.165) is 29.4 Å². The molecule has 7 heteroatoms. The third-order valence-electron chi connectivity index (χ3n) is 4.64. The lowest BCUT2D eigenvalue weighted by Crippen LogP contribution is -2.44. The molecule has 0 aliphatic carbocycles. The van der Waals surface area contributed by atoms with E-state index >= 15 is 0 Å². The molecule has 3 rings (SSSR count). The number of rotatable bonds is 5. The number of likely N-dealkylation sites (tertiary alicyclic amines) is 1. The van der Waals surface area contributed by atoms with Gasteiger partial charge in [-0.3, -0.25) is 14.7 Å². The molecule has 0 atom stereocenters. The van der Waals surface area contributed by atoms with Crippen molar-refractivity contribution in [1.29, 1.82) is 0 Å². The van der Waals surface area contributed by atoms with E-state index in [4.69, 9.17) is 0 Å². The maximum atomic E-state index is 11.4. The second-order valence-corrected chi connectivity index (χ2v) is 7.64. The molecular formula is C18H24N4O2S. The first-order chi connectivity index (χ1) is 12.0. The number of piperidine rings is 1. The molecule has 0 spiro atoms. The summed E-state index contributed by atoms with van der Waals surface area (Å²) in [5, 5.41) is 13.9. The quantitative estimate of drug-likeness (QED) is 0.883. The molecule has 6 nitrogen and oxygen atoms in total. The Morgan fingerprint density at radius 1 is 1.40 bits per heavy atom. The van der Waals surface area contributed by atoms with Crippen LogP contribution in [0.4, 0.5) is 0 Å². The monoisotopic (exact) mass is 360 g/mol. The fraction of sp³-hybridized carbons (Fsp3) is 0.500. The van der Waals surface area contributed by atoms with Crippen LogP contribution in [-0.4, -0.2) is 50.9 Å². The van der Waals surface area contributed by atoms with Crippen molar-refractivity contribution >= 4 is 17.2 Å². The summed E-state index contributed by atoms with van der Waals surface area (Å²) in [5.74, 6) is 0.0676. The largest absolute Gasteiger partial charge is 0.383 e. The molecule has 3 heterocycles. The summed E-state index contributed by atoms with van der Waals surface area (Å²) in [5.41, 5.74) is 0.991. The fourth-order valence-electron chi connectivity index (χ4n) is 3.14. The van der Waals surface area contributed by atoms with Gasteiger partial charge in [0.25, 0.3) is 0 Å². The summed E-state index contributed by atoms with van der Waals surface area (Å²) in [6.45, 7) is 4.28. The normalized spacial score (nSPS) is 17.0. The Morgan fingerprint density at radius 2 is 2.16 bits per heavy atom. The highest BCUT2D eigenvalue weighted by Crippen LogP contribution is 2.33. The molecule has 134 valence electrons. The second-order valence-electron chi connectivity index (χ2n) is 6.70. The second kappa shape index (κ2) is 7.59. The maximum absolute atomic E-state index is 11.4. The lowest BCUT2D eigenvalue weighted by atomic mass is 9.89. The predicted octanol–water partition coefficient (Wildman–Crippen LogP) is 2.00. The van der Waals surface area contributed by atoms with Crippen LogP contribution in [0.5, 0.6) is 0 Å². The van der Waals surface area contributed by atoms with Crippen LogP contribution >= 0.6 is 11.3 Å². The topological polar surface area (TPSA) is 69.6 Å². The van der Waals surface area contributed by atoms with E-state index in [-0.39, 0.29) is 5.91 Å². The Kier molecular flexibility index (Phi) is 5.46. The highest BCUT2D eigenvalue weighted by Gasteiger charge is 2.36. The van der Waals surface area contributed by atoms with E-state index in [2.05, 4.69) is 20.9 Å². The van der Waals surface area contributed by atoms with Gasteiger partial charge >= 0.3 is 0 Å². The summed E-state index contributed by atoms with van der Waals surface area (Å²) in [4.78, 5) is 24.2. The van der Waals surface area contributed by atoms with Crippen LogP contribution in [0.15, 0.2) is 29.9 Å². The van der Waals surface area contributed by atoms with Crippen molar-refractivity contribution < 1.29 is 9.90 Å². The number of thiazole rings is 1.